The molecule has 0 unspecified atom stereocenters. The first-order valence-corrected chi connectivity index (χ1v) is 9.60. The van der Waals surface area contributed by atoms with Crippen LogP contribution >= 0.6 is 0 Å². The molecule has 4 aliphatic rings. The van der Waals surface area contributed by atoms with Crippen molar-refractivity contribution in [3.05, 3.63) is 0 Å². The lowest BCUT2D eigenvalue weighted by Gasteiger charge is -2.60. The van der Waals surface area contributed by atoms with Crippen LogP contribution in [-0.2, 0) is 0 Å². The van der Waals surface area contributed by atoms with Gasteiger partial charge in [-0.25, -0.2) is 0 Å². The Balaban J connectivity index is 1.62. The van der Waals surface area contributed by atoms with Crippen LogP contribution in [0.25, 0.3) is 0 Å². The summed E-state index contributed by atoms with van der Waals surface area (Å²) < 4.78 is 0. The largest absolute Gasteiger partial charge is 0.393 e. The second kappa shape index (κ2) is 4.73. The molecule has 0 spiro atoms. The molecule has 4 saturated carbocycles. The molecule has 0 saturated heterocycles. The van der Waals surface area contributed by atoms with Crippen molar-refractivity contribution in [1.82, 2.24) is 0 Å². The quantitative estimate of drug-likeness (QED) is 0.663. The SMILES string of the molecule is C[C@@H]1C[C@@H]2[C@H]3CC[C@@H]4C[C@@H](O)CC[C@@]4(C)[C@@H]3CC[C@@]2(C)C1. The Morgan fingerprint density at radius 3 is 2.52 bits per heavy atom. The highest BCUT2D eigenvalue weighted by Crippen LogP contribution is 2.66. The van der Waals surface area contributed by atoms with Crippen molar-refractivity contribution in [2.75, 3.05) is 0 Å². The Hall–Kier alpha value is -0.0400. The van der Waals surface area contributed by atoms with Crippen LogP contribution in [0, 0.1) is 40.4 Å². The molecule has 4 aliphatic carbocycles. The van der Waals surface area contributed by atoms with Crippen LogP contribution in [-0.4, -0.2) is 11.2 Å². The summed E-state index contributed by atoms with van der Waals surface area (Å²) in [6, 6.07) is 0. The molecule has 21 heavy (non-hydrogen) atoms. The molecule has 0 amide bonds. The number of rotatable bonds is 0. The van der Waals surface area contributed by atoms with Crippen molar-refractivity contribution < 1.29 is 5.11 Å². The number of hydrogen-bond donors (Lipinski definition) is 1. The van der Waals surface area contributed by atoms with Gasteiger partial charge in [-0.15, -0.1) is 0 Å². The molecule has 0 aliphatic heterocycles. The van der Waals surface area contributed by atoms with E-state index in [2.05, 4.69) is 20.8 Å². The minimum absolute atomic E-state index is 0.0000147. The summed E-state index contributed by atoms with van der Waals surface area (Å²) >= 11 is 0. The Kier molecular flexibility index (Phi) is 3.27. The lowest BCUT2D eigenvalue weighted by Crippen LogP contribution is -2.53. The number of hydrogen-bond acceptors (Lipinski definition) is 1. The standard InChI is InChI=1S/C20H34O/c1-13-10-18-16-5-4-14-11-15(21)6-9-20(14,3)17(16)7-8-19(18,2)12-13/h13-18,21H,4-12H2,1-3H3/t13-,14-,15+,16+,17-,18-,19+,20-/m1/s1. The molecule has 4 fully saturated rings. The van der Waals surface area contributed by atoms with Crippen LogP contribution in [0.1, 0.15) is 78.6 Å². The normalized spacial score (nSPS) is 60.0. The predicted octanol–water partition coefficient (Wildman–Crippen LogP) is 5.03. The molecular formula is C20H34O. The van der Waals surface area contributed by atoms with Gasteiger partial charge in [0.25, 0.3) is 0 Å². The van der Waals surface area contributed by atoms with Gasteiger partial charge >= 0.3 is 0 Å². The van der Waals surface area contributed by atoms with Crippen LogP contribution in [0.3, 0.4) is 0 Å². The zero-order valence-corrected chi connectivity index (χ0v) is 14.3. The fraction of sp³-hybridized carbons (Fsp3) is 1.00. The van der Waals surface area contributed by atoms with Gasteiger partial charge in [0.15, 0.2) is 0 Å². The molecule has 0 bridgehead atoms. The first-order valence-electron chi connectivity index (χ1n) is 9.60. The van der Waals surface area contributed by atoms with Crippen molar-refractivity contribution in [3.63, 3.8) is 0 Å². The number of aliphatic hydroxyl groups is 1. The molecule has 1 heteroatoms. The first kappa shape index (κ1) is 14.5. The molecule has 0 aromatic heterocycles. The van der Waals surface area contributed by atoms with Crippen LogP contribution in [0.5, 0.6) is 0 Å². The maximum atomic E-state index is 10.1. The highest BCUT2D eigenvalue weighted by Gasteiger charge is 2.58. The van der Waals surface area contributed by atoms with Gasteiger partial charge in [0.2, 0.25) is 0 Å². The van der Waals surface area contributed by atoms with Gasteiger partial charge in [0.05, 0.1) is 6.10 Å². The second-order valence-electron chi connectivity index (χ2n) is 9.82. The van der Waals surface area contributed by atoms with Crippen LogP contribution in [0.2, 0.25) is 0 Å². The van der Waals surface area contributed by atoms with Gasteiger partial charge in [0.1, 0.15) is 0 Å². The van der Waals surface area contributed by atoms with Gasteiger partial charge in [-0.1, -0.05) is 20.8 Å². The number of fused-ring (bicyclic) bond motifs is 5. The third-order valence-corrected chi connectivity index (χ3v) is 8.63. The van der Waals surface area contributed by atoms with Gasteiger partial charge < -0.3 is 5.11 Å². The molecule has 1 nitrogen and oxygen atoms in total. The topological polar surface area (TPSA) is 20.2 Å². The van der Waals surface area contributed by atoms with Crippen molar-refractivity contribution >= 4 is 0 Å². The van der Waals surface area contributed by atoms with Crippen molar-refractivity contribution in [2.24, 2.45) is 40.4 Å². The maximum absolute atomic E-state index is 10.1. The van der Waals surface area contributed by atoms with E-state index in [0.29, 0.717) is 10.8 Å². The summed E-state index contributed by atoms with van der Waals surface area (Å²) in [5.41, 5.74) is 1.22. The van der Waals surface area contributed by atoms with E-state index in [9.17, 15) is 5.11 Å². The van der Waals surface area contributed by atoms with E-state index >= 15 is 0 Å². The second-order valence-corrected chi connectivity index (χ2v) is 9.82. The summed E-state index contributed by atoms with van der Waals surface area (Å²) in [5, 5.41) is 10.1. The summed E-state index contributed by atoms with van der Waals surface area (Å²) in [4.78, 5) is 0. The van der Waals surface area contributed by atoms with Gasteiger partial charge in [-0.05, 0) is 98.2 Å². The number of aliphatic hydroxyl groups excluding tert-OH is 1. The average Bonchev–Trinajstić information content (AvgIpc) is 2.74. The molecule has 120 valence electrons. The van der Waals surface area contributed by atoms with E-state index in [1.54, 1.807) is 0 Å². The monoisotopic (exact) mass is 290 g/mol. The first-order chi connectivity index (χ1) is 9.92. The molecule has 0 aromatic carbocycles. The minimum Gasteiger partial charge on any atom is -0.393 e. The van der Waals surface area contributed by atoms with Crippen molar-refractivity contribution in [1.29, 1.82) is 0 Å². The Morgan fingerprint density at radius 2 is 1.71 bits per heavy atom. The molecule has 4 rings (SSSR count). The molecule has 0 heterocycles. The summed E-state index contributed by atoms with van der Waals surface area (Å²) in [5.74, 6) is 4.75. The third-order valence-electron chi connectivity index (χ3n) is 8.63. The summed E-state index contributed by atoms with van der Waals surface area (Å²) in [6.45, 7) is 7.70. The smallest absolute Gasteiger partial charge is 0.0543 e. The predicted molar refractivity (Wildman–Crippen MR) is 86.9 cm³/mol. The molecule has 0 radical (unpaired) electrons. The van der Waals surface area contributed by atoms with E-state index in [1.807, 2.05) is 0 Å². The highest BCUT2D eigenvalue weighted by atomic mass is 16.3. The van der Waals surface area contributed by atoms with E-state index in [1.165, 1.54) is 44.9 Å². The lowest BCUT2D eigenvalue weighted by molar-refractivity contribution is -0.120. The van der Waals surface area contributed by atoms with Crippen LogP contribution < -0.4 is 0 Å². The Morgan fingerprint density at radius 1 is 0.905 bits per heavy atom. The van der Waals surface area contributed by atoms with Gasteiger partial charge in [-0.2, -0.15) is 0 Å². The molecule has 0 aromatic rings. The zero-order valence-electron chi connectivity index (χ0n) is 14.3. The van der Waals surface area contributed by atoms with E-state index in [0.717, 1.165) is 42.4 Å². The van der Waals surface area contributed by atoms with E-state index in [-0.39, 0.29) is 6.10 Å². The minimum atomic E-state index is -0.0000147. The third kappa shape index (κ3) is 2.06. The zero-order chi connectivity index (χ0) is 14.8. The fourth-order valence-electron chi connectivity index (χ4n) is 7.66. The fourth-order valence-corrected chi connectivity index (χ4v) is 7.66. The highest BCUT2D eigenvalue weighted by molar-refractivity contribution is 5.08. The summed E-state index contributed by atoms with van der Waals surface area (Å²) in [7, 11) is 0. The van der Waals surface area contributed by atoms with Crippen LogP contribution in [0.15, 0.2) is 0 Å². The maximum Gasteiger partial charge on any atom is 0.0543 e. The lowest BCUT2D eigenvalue weighted by atomic mass is 9.45. The molecular weight excluding hydrogens is 256 g/mol. The van der Waals surface area contributed by atoms with E-state index < -0.39 is 0 Å². The van der Waals surface area contributed by atoms with Crippen LogP contribution in [0.4, 0.5) is 0 Å². The Labute approximate surface area is 130 Å². The summed E-state index contributed by atoms with van der Waals surface area (Å²) in [6.07, 6.45) is 12.3. The van der Waals surface area contributed by atoms with E-state index in [4.69, 9.17) is 0 Å². The van der Waals surface area contributed by atoms with Gasteiger partial charge in [0, 0.05) is 0 Å². The Bertz CT molecular complexity index is 418. The molecule has 1 N–H and O–H groups in total. The molecule has 8 atom stereocenters. The van der Waals surface area contributed by atoms with Gasteiger partial charge in [-0.3, -0.25) is 0 Å². The van der Waals surface area contributed by atoms with Crippen molar-refractivity contribution in [3.8, 4) is 0 Å². The average molecular weight is 290 g/mol. The van der Waals surface area contributed by atoms with Crippen molar-refractivity contribution in [2.45, 2.75) is 84.7 Å².